The average molecular weight is 403 g/mol. The largest absolute Gasteiger partial charge is 0.418 e. The summed E-state index contributed by atoms with van der Waals surface area (Å²) in [7, 11) is 0. The number of carbonyl (C=O) groups is 1. The Labute approximate surface area is 166 Å². The Morgan fingerprint density at radius 1 is 1.21 bits per heavy atom. The third-order valence-corrected chi connectivity index (χ3v) is 4.93. The molecular weight excluding hydrogens is 383 g/mol. The van der Waals surface area contributed by atoms with Gasteiger partial charge in [-0.25, -0.2) is 4.98 Å². The molecule has 0 spiro atoms. The first-order valence-electron chi connectivity index (χ1n) is 9.12. The minimum atomic E-state index is -4.54. The molecule has 1 saturated heterocycles. The molecule has 0 bridgehead atoms. The second-order valence-corrected chi connectivity index (χ2v) is 6.75. The second-order valence-electron chi connectivity index (χ2n) is 6.75. The lowest BCUT2D eigenvalue weighted by molar-refractivity contribution is -0.137. The Kier molecular flexibility index (Phi) is 6.03. The van der Waals surface area contributed by atoms with Crippen LogP contribution in [0.5, 0.6) is 0 Å². The molecule has 2 heterocycles. The number of piperazine rings is 1. The number of nitrogens with one attached hydrogen (secondary N) is 1. The highest BCUT2D eigenvalue weighted by atomic mass is 19.4. The predicted molar refractivity (Wildman–Crippen MR) is 102 cm³/mol. The molecule has 1 unspecified atom stereocenters. The van der Waals surface area contributed by atoms with Crippen LogP contribution in [0.15, 0.2) is 42.6 Å². The van der Waals surface area contributed by atoms with Crippen molar-refractivity contribution >= 4 is 17.4 Å². The number of pyridine rings is 1. The maximum absolute atomic E-state index is 13.1. The molecule has 0 saturated carbocycles. The molecular formula is C20H20F3N5O. The molecule has 152 valence electrons. The standard InChI is InChI=1S/C20H20F3N5O/c1-14(19(29)26-17-5-3-2-4-16(17)20(21,22)23)27-8-10-28(11-9-27)18-12-15(13-24)6-7-25-18/h2-7,12,14H,8-11H2,1H3,(H,26,29). The van der Waals surface area contributed by atoms with Crippen LogP contribution in [0, 0.1) is 11.3 Å². The van der Waals surface area contributed by atoms with Crippen LogP contribution in [0.1, 0.15) is 18.1 Å². The molecule has 1 aliphatic heterocycles. The fraction of sp³-hybridized carbons (Fsp3) is 0.350. The zero-order valence-electron chi connectivity index (χ0n) is 15.8. The normalized spacial score (nSPS) is 16.2. The van der Waals surface area contributed by atoms with Crippen LogP contribution < -0.4 is 10.2 Å². The molecule has 3 rings (SSSR count). The van der Waals surface area contributed by atoms with E-state index >= 15 is 0 Å². The van der Waals surface area contributed by atoms with Gasteiger partial charge in [-0.2, -0.15) is 18.4 Å². The van der Waals surface area contributed by atoms with Crippen LogP contribution in [-0.4, -0.2) is 48.0 Å². The van der Waals surface area contributed by atoms with Crippen LogP contribution in [0.2, 0.25) is 0 Å². The molecule has 1 aliphatic rings. The van der Waals surface area contributed by atoms with Gasteiger partial charge in [-0.3, -0.25) is 9.69 Å². The van der Waals surface area contributed by atoms with Crippen molar-refractivity contribution in [2.24, 2.45) is 0 Å². The van der Waals surface area contributed by atoms with Gasteiger partial charge in [0.2, 0.25) is 5.91 Å². The van der Waals surface area contributed by atoms with Crippen molar-refractivity contribution in [2.45, 2.75) is 19.1 Å². The van der Waals surface area contributed by atoms with E-state index in [1.807, 2.05) is 9.80 Å². The number of nitriles is 1. The number of amides is 1. The number of hydrogen-bond donors (Lipinski definition) is 1. The monoisotopic (exact) mass is 403 g/mol. The van der Waals surface area contributed by atoms with Gasteiger partial charge in [0.05, 0.1) is 28.9 Å². The summed E-state index contributed by atoms with van der Waals surface area (Å²) >= 11 is 0. The van der Waals surface area contributed by atoms with Crippen LogP contribution in [0.3, 0.4) is 0 Å². The molecule has 1 aromatic carbocycles. The lowest BCUT2D eigenvalue weighted by Crippen LogP contribution is -2.53. The van der Waals surface area contributed by atoms with Crippen molar-refractivity contribution < 1.29 is 18.0 Å². The van der Waals surface area contributed by atoms with Crippen LogP contribution in [0.25, 0.3) is 0 Å². The van der Waals surface area contributed by atoms with Gasteiger partial charge in [0.25, 0.3) is 0 Å². The van der Waals surface area contributed by atoms with Crippen molar-refractivity contribution in [1.82, 2.24) is 9.88 Å². The quantitative estimate of drug-likeness (QED) is 0.849. The summed E-state index contributed by atoms with van der Waals surface area (Å²) in [6, 6.07) is 9.77. The first kappa shape index (κ1) is 20.6. The third kappa shape index (κ3) is 4.84. The number of hydrogen-bond acceptors (Lipinski definition) is 5. The zero-order chi connectivity index (χ0) is 21.0. The number of para-hydroxylation sites is 1. The molecule has 1 N–H and O–H groups in total. The van der Waals surface area contributed by atoms with E-state index in [1.165, 1.54) is 18.2 Å². The van der Waals surface area contributed by atoms with E-state index < -0.39 is 23.7 Å². The van der Waals surface area contributed by atoms with Crippen molar-refractivity contribution in [3.63, 3.8) is 0 Å². The Morgan fingerprint density at radius 3 is 2.55 bits per heavy atom. The topological polar surface area (TPSA) is 72.3 Å². The van der Waals surface area contributed by atoms with Gasteiger partial charge in [-0.15, -0.1) is 0 Å². The SMILES string of the molecule is CC(C(=O)Nc1ccccc1C(F)(F)F)N1CCN(c2cc(C#N)ccn2)CC1. The lowest BCUT2D eigenvalue weighted by Gasteiger charge is -2.38. The van der Waals surface area contributed by atoms with E-state index in [0.29, 0.717) is 37.6 Å². The molecule has 0 radical (unpaired) electrons. The number of rotatable bonds is 4. The first-order chi connectivity index (χ1) is 13.8. The highest BCUT2D eigenvalue weighted by Crippen LogP contribution is 2.34. The highest BCUT2D eigenvalue weighted by Gasteiger charge is 2.34. The van der Waals surface area contributed by atoms with Crippen molar-refractivity contribution in [2.75, 3.05) is 36.4 Å². The number of halogens is 3. The molecule has 1 atom stereocenters. The van der Waals surface area contributed by atoms with Crippen LogP contribution in [-0.2, 0) is 11.0 Å². The van der Waals surface area contributed by atoms with Crippen molar-refractivity contribution in [3.05, 3.63) is 53.7 Å². The summed E-state index contributed by atoms with van der Waals surface area (Å²) in [6.07, 6.45) is -2.96. The van der Waals surface area contributed by atoms with Crippen molar-refractivity contribution in [1.29, 1.82) is 5.26 Å². The van der Waals surface area contributed by atoms with Crippen LogP contribution >= 0.6 is 0 Å². The number of aromatic nitrogens is 1. The van der Waals surface area contributed by atoms with E-state index in [0.717, 1.165) is 6.07 Å². The smallest absolute Gasteiger partial charge is 0.354 e. The van der Waals surface area contributed by atoms with E-state index in [2.05, 4.69) is 16.4 Å². The first-order valence-corrected chi connectivity index (χ1v) is 9.12. The summed E-state index contributed by atoms with van der Waals surface area (Å²) in [5, 5.41) is 11.4. The number of nitrogens with zero attached hydrogens (tertiary/aromatic N) is 4. The van der Waals surface area contributed by atoms with Crippen LogP contribution in [0.4, 0.5) is 24.7 Å². The van der Waals surface area contributed by atoms with Gasteiger partial charge in [0.1, 0.15) is 5.82 Å². The summed E-state index contributed by atoms with van der Waals surface area (Å²) in [5.74, 6) is 0.208. The second kappa shape index (κ2) is 8.49. The molecule has 9 heteroatoms. The highest BCUT2D eigenvalue weighted by molar-refractivity contribution is 5.95. The minimum Gasteiger partial charge on any atom is -0.354 e. The Morgan fingerprint density at radius 2 is 1.90 bits per heavy atom. The summed E-state index contributed by atoms with van der Waals surface area (Å²) in [6.45, 7) is 3.97. The number of alkyl halides is 3. The van der Waals surface area contributed by atoms with E-state index in [4.69, 9.17) is 5.26 Å². The molecule has 6 nitrogen and oxygen atoms in total. The van der Waals surface area contributed by atoms with Gasteiger partial charge < -0.3 is 10.2 Å². The summed E-state index contributed by atoms with van der Waals surface area (Å²) in [4.78, 5) is 20.7. The van der Waals surface area contributed by atoms with Gasteiger partial charge in [-0.05, 0) is 31.2 Å². The molecule has 29 heavy (non-hydrogen) atoms. The number of benzene rings is 1. The molecule has 0 aliphatic carbocycles. The predicted octanol–water partition coefficient (Wildman–Crippen LogP) is 3.12. The lowest BCUT2D eigenvalue weighted by atomic mass is 10.1. The Hall–Kier alpha value is -3.12. The maximum Gasteiger partial charge on any atom is 0.418 e. The van der Waals surface area contributed by atoms with Gasteiger partial charge >= 0.3 is 6.18 Å². The molecule has 1 amide bonds. The molecule has 2 aromatic rings. The Balaban J connectivity index is 1.62. The molecule has 1 fully saturated rings. The van der Waals surface area contributed by atoms with Gasteiger partial charge in [-0.1, -0.05) is 12.1 Å². The molecule has 1 aromatic heterocycles. The van der Waals surface area contributed by atoms with E-state index in [1.54, 1.807) is 25.3 Å². The zero-order valence-corrected chi connectivity index (χ0v) is 15.8. The Bertz CT molecular complexity index is 917. The summed E-state index contributed by atoms with van der Waals surface area (Å²) < 4.78 is 39.4. The number of carbonyl (C=O) groups excluding carboxylic acids is 1. The number of anilines is 2. The van der Waals surface area contributed by atoms with E-state index in [9.17, 15) is 18.0 Å². The van der Waals surface area contributed by atoms with Gasteiger partial charge in [0.15, 0.2) is 0 Å². The summed E-state index contributed by atoms with van der Waals surface area (Å²) in [5.41, 5.74) is -0.588. The maximum atomic E-state index is 13.1. The fourth-order valence-electron chi connectivity index (χ4n) is 3.24. The van der Waals surface area contributed by atoms with Crippen molar-refractivity contribution in [3.8, 4) is 6.07 Å². The average Bonchev–Trinajstić information content (AvgIpc) is 2.73. The van der Waals surface area contributed by atoms with Gasteiger partial charge in [0, 0.05) is 32.4 Å². The third-order valence-electron chi connectivity index (χ3n) is 4.93. The fourth-order valence-corrected chi connectivity index (χ4v) is 3.24. The minimum absolute atomic E-state index is 0.243. The van der Waals surface area contributed by atoms with E-state index in [-0.39, 0.29) is 5.69 Å².